The number of benzene rings is 1. The number of aromatic nitrogens is 1. The average Bonchev–Trinajstić information content (AvgIpc) is 2.77. The third kappa shape index (κ3) is 2.33. The Labute approximate surface area is 115 Å². The quantitative estimate of drug-likeness (QED) is 0.867. The van der Waals surface area contributed by atoms with E-state index in [1.807, 2.05) is 18.2 Å². The average molecular weight is 273 g/mol. The van der Waals surface area contributed by atoms with Gasteiger partial charge in [0.2, 0.25) is 5.91 Å². The third-order valence-electron chi connectivity index (χ3n) is 3.23. The van der Waals surface area contributed by atoms with Crippen LogP contribution in [0.2, 0.25) is 0 Å². The SMILES string of the molecule is C=CCNC(=O)C1CN(c2nc3ccccc3s2)C1. The van der Waals surface area contributed by atoms with Crippen LogP contribution in [-0.2, 0) is 4.79 Å². The summed E-state index contributed by atoms with van der Waals surface area (Å²) in [4.78, 5) is 18.5. The van der Waals surface area contributed by atoms with Crippen LogP contribution in [0, 0.1) is 5.92 Å². The fraction of sp³-hybridized carbons (Fsp3) is 0.286. The van der Waals surface area contributed by atoms with Crippen molar-refractivity contribution in [3.8, 4) is 0 Å². The summed E-state index contributed by atoms with van der Waals surface area (Å²) >= 11 is 1.68. The molecule has 2 heterocycles. The molecule has 19 heavy (non-hydrogen) atoms. The van der Waals surface area contributed by atoms with Crippen LogP contribution in [0.25, 0.3) is 10.2 Å². The number of nitrogens with one attached hydrogen (secondary N) is 1. The van der Waals surface area contributed by atoms with Crippen LogP contribution in [-0.4, -0.2) is 30.5 Å². The van der Waals surface area contributed by atoms with Gasteiger partial charge in [-0.05, 0) is 12.1 Å². The van der Waals surface area contributed by atoms with Crippen LogP contribution < -0.4 is 10.2 Å². The van der Waals surface area contributed by atoms with Crippen LogP contribution in [0.1, 0.15) is 0 Å². The highest BCUT2D eigenvalue weighted by atomic mass is 32.1. The maximum Gasteiger partial charge on any atom is 0.226 e. The molecule has 1 aliphatic rings. The summed E-state index contributed by atoms with van der Waals surface area (Å²) in [6, 6.07) is 8.10. The van der Waals surface area contributed by atoms with Crippen molar-refractivity contribution in [2.75, 3.05) is 24.5 Å². The fourth-order valence-electron chi connectivity index (χ4n) is 2.11. The first-order chi connectivity index (χ1) is 9.28. The highest BCUT2D eigenvalue weighted by Crippen LogP contribution is 2.32. The van der Waals surface area contributed by atoms with E-state index in [1.165, 1.54) is 4.70 Å². The molecule has 0 aliphatic carbocycles. The van der Waals surface area contributed by atoms with Crippen LogP contribution >= 0.6 is 11.3 Å². The lowest BCUT2D eigenvalue weighted by Crippen LogP contribution is -2.53. The third-order valence-corrected chi connectivity index (χ3v) is 4.32. The Morgan fingerprint density at radius 3 is 3.05 bits per heavy atom. The van der Waals surface area contributed by atoms with E-state index in [9.17, 15) is 4.79 Å². The lowest BCUT2D eigenvalue weighted by atomic mass is 10.0. The number of fused-ring (bicyclic) bond motifs is 1. The van der Waals surface area contributed by atoms with Crippen molar-refractivity contribution < 1.29 is 4.79 Å². The molecule has 0 spiro atoms. The van der Waals surface area contributed by atoms with Crippen molar-refractivity contribution in [2.45, 2.75) is 0 Å². The number of thiazole rings is 1. The highest BCUT2D eigenvalue weighted by Gasteiger charge is 2.33. The van der Waals surface area contributed by atoms with Crippen molar-refractivity contribution in [1.29, 1.82) is 0 Å². The van der Waals surface area contributed by atoms with Gasteiger partial charge in [0.05, 0.1) is 16.1 Å². The van der Waals surface area contributed by atoms with Crippen LogP contribution in [0.4, 0.5) is 5.13 Å². The van der Waals surface area contributed by atoms with Gasteiger partial charge in [0.25, 0.3) is 0 Å². The summed E-state index contributed by atoms with van der Waals surface area (Å²) in [6.07, 6.45) is 1.70. The van der Waals surface area contributed by atoms with Gasteiger partial charge in [0.1, 0.15) is 0 Å². The Balaban J connectivity index is 1.64. The number of nitrogens with zero attached hydrogens (tertiary/aromatic N) is 2. The smallest absolute Gasteiger partial charge is 0.226 e. The second-order valence-corrected chi connectivity index (χ2v) is 5.61. The maximum atomic E-state index is 11.7. The first-order valence-corrected chi connectivity index (χ1v) is 7.08. The van der Waals surface area contributed by atoms with Crippen molar-refractivity contribution in [3.05, 3.63) is 36.9 Å². The highest BCUT2D eigenvalue weighted by molar-refractivity contribution is 7.22. The summed E-state index contributed by atoms with van der Waals surface area (Å²) < 4.78 is 1.19. The van der Waals surface area contributed by atoms with Crippen molar-refractivity contribution >= 4 is 32.6 Å². The van der Waals surface area contributed by atoms with Crippen LogP contribution in [0.5, 0.6) is 0 Å². The van der Waals surface area contributed by atoms with E-state index < -0.39 is 0 Å². The predicted molar refractivity (Wildman–Crippen MR) is 78.5 cm³/mol. The number of amides is 1. The van der Waals surface area contributed by atoms with Gasteiger partial charge in [-0.3, -0.25) is 4.79 Å². The molecular formula is C14H15N3OS. The molecule has 1 N–H and O–H groups in total. The molecule has 0 saturated carbocycles. The van der Waals surface area contributed by atoms with E-state index in [4.69, 9.17) is 0 Å². The zero-order chi connectivity index (χ0) is 13.2. The van der Waals surface area contributed by atoms with Crippen LogP contribution in [0.3, 0.4) is 0 Å². The molecule has 0 unspecified atom stereocenters. The monoisotopic (exact) mass is 273 g/mol. The first-order valence-electron chi connectivity index (χ1n) is 6.27. The summed E-state index contributed by atoms with van der Waals surface area (Å²) in [7, 11) is 0. The maximum absolute atomic E-state index is 11.7. The van der Waals surface area contributed by atoms with Gasteiger partial charge in [-0.15, -0.1) is 6.58 Å². The molecule has 1 saturated heterocycles. The molecular weight excluding hydrogens is 258 g/mol. The molecule has 1 aliphatic heterocycles. The van der Waals surface area contributed by atoms with Crippen molar-refractivity contribution in [3.63, 3.8) is 0 Å². The number of hydrogen-bond acceptors (Lipinski definition) is 4. The van der Waals surface area contributed by atoms with Gasteiger partial charge in [0, 0.05) is 19.6 Å². The lowest BCUT2D eigenvalue weighted by molar-refractivity contribution is -0.125. The van der Waals surface area contributed by atoms with Gasteiger partial charge < -0.3 is 10.2 Å². The molecule has 1 aromatic carbocycles. The topological polar surface area (TPSA) is 45.2 Å². The number of anilines is 1. The molecule has 0 radical (unpaired) electrons. The minimum atomic E-state index is 0.0759. The number of carbonyl (C=O) groups excluding carboxylic acids is 1. The summed E-state index contributed by atoms with van der Waals surface area (Å²) in [6.45, 7) is 5.63. The van der Waals surface area contributed by atoms with Gasteiger partial charge in [-0.2, -0.15) is 0 Å². The Morgan fingerprint density at radius 1 is 1.53 bits per heavy atom. The molecule has 4 nitrogen and oxygen atoms in total. The Bertz CT molecular complexity index is 583. The first kappa shape index (κ1) is 12.2. The van der Waals surface area contributed by atoms with E-state index in [0.717, 1.165) is 23.7 Å². The van der Waals surface area contributed by atoms with E-state index >= 15 is 0 Å². The molecule has 1 fully saturated rings. The predicted octanol–water partition coefficient (Wildman–Crippen LogP) is 2.03. The minimum Gasteiger partial charge on any atom is -0.352 e. The van der Waals surface area contributed by atoms with Gasteiger partial charge in [0.15, 0.2) is 5.13 Å². The Kier molecular flexibility index (Phi) is 3.21. The molecule has 3 rings (SSSR count). The number of carbonyl (C=O) groups is 1. The van der Waals surface area contributed by atoms with Crippen molar-refractivity contribution in [1.82, 2.24) is 10.3 Å². The number of rotatable bonds is 4. The van der Waals surface area contributed by atoms with Crippen LogP contribution in [0.15, 0.2) is 36.9 Å². The Morgan fingerprint density at radius 2 is 2.32 bits per heavy atom. The lowest BCUT2D eigenvalue weighted by Gasteiger charge is -2.37. The fourth-order valence-corrected chi connectivity index (χ4v) is 3.10. The van der Waals surface area contributed by atoms with E-state index in [2.05, 4.69) is 27.8 Å². The van der Waals surface area contributed by atoms with E-state index in [0.29, 0.717) is 6.54 Å². The zero-order valence-electron chi connectivity index (χ0n) is 10.5. The molecule has 0 bridgehead atoms. The second kappa shape index (κ2) is 5.01. The Hall–Kier alpha value is -1.88. The number of hydrogen-bond donors (Lipinski definition) is 1. The summed E-state index contributed by atoms with van der Waals surface area (Å²) in [5.41, 5.74) is 1.03. The number of para-hydroxylation sites is 1. The van der Waals surface area contributed by atoms with E-state index in [1.54, 1.807) is 17.4 Å². The zero-order valence-corrected chi connectivity index (χ0v) is 11.3. The molecule has 5 heteroatoms. The minimum absolute atomic E-state index is 0.0759. The molecule has 98 valence electrons. The van der Waals surface area contributed by atoms with Crippen molar-refractivity contribution in [2.24, 2.45) is 5.92 Å². The molecule has 1 aromatic heterocycles. The van der Waals surface area contributed by atoms with Gasteiger partial charge in [-0.1, -0.05) is 29.5 Å². The van der Waals surface area contributed by atoms with Gasteiger partial charge >= 0.3 is 0 Å². The summed E-state index contributed by atoms with van der Waals surface area (Å²) in [5, 5.41) is 3.84. The molecule has 0 atom stereocenters. The largest absolute Gasteiger partial charge is 0.352 e. The standard InChI is InChI=1S/C14H15N3OS/c1-2-7-15-13(18)10-8-17(9-10)14-16-11-5-3-4-6-12(11)19-14/h2-6,10H,1,7-9H2,(H,15,18). The molecule has 1 amide bonds. The second-order valence-electron chi connectivity index (χ2n) is 4.60. The van der Waals surface area contributed by atoms with Gasteiger partial charge in [-0.25, -0.2) is 4.98 Å². The summed E-state index contributed by atoms with van der Waals surface area (Å²) in [5.74, 6) is 0.184. The normalized spacial score (nSPS) is 15.3. The van der Waals surface area contributed by atoms with E-state index in [-0.39, 0.29) is 11.8 Å². The molecule has 2 aromatic rings.